The Labute approximate surface area is 167 Å². The van der Waals surface area contributed by atoms with Crippen LogP contribution in [0.4, 0.5) is 0 Å². The van der Waals surface area contributed by atoms with Crippen molar-refractivity contribution in [3.8, 4) is 11.5 Å². The molecule has 1 aromatic carbocycles. The molecular weight excluding hydrogens is 374 g/mol. The Morgan fingerprint density at radius 2 is 1.86 bits per heavy atom. The van der Waals surface area contributed by atoms with E-state index in [2.05, 4.69) is 17.2 Å². The summed E-state index contributed by atoms with van der Waals surface area (Å²) in [6, 6.07) is 5.08. The summed E-state index contributed by atoms with van der Waals surface area (Å²) >= 11 is 0. The van der Waals surface area contributed by atoms with Gasteiger partial charge < -0.3 is 20.1 Å². The van der Waals surface area contributed by atoms with Gasteiger partial charge in [-0.05, 0) is 50.4 Å². The van der Waals surface area contributed by atoms with E-state index in [9.17, 15) is 19.8 Å². The van der Waals surface area contributed by atoms with E-state index < -0.39 is 0 Å². The first-order valence-electron chi connectivity index (χ1n) is 9.64. The molecule has 1 atom stereocenters. The molecule has 0 saturated carbocycles. The zero-order chi connectivity index (χ0) is 21.1. The van der Waals surface area contributed by atoms with Gasteiger partial charge in [-0.1, -0.05) is 6.07 Å². The van der Waals surface area contributed by atoms with Crippen LogP contribution < -0.4 is 16.6 Å². The molecule has 0 fully saturated rings. The number of aromatic nitrogens is 4. The fourth-order valence-corrected chi connectivity index (χ4v) is 3.44. The molecule has 0 spiro atoms. The number of hydrogen-bond acceptors (Lipinski definition) is 6. The van der Waals surface area contributed by atoms with Crippen LogP contribution >= 0.6 is 0 Å². The zero-order valence-electron chi connectivity index (χ0n) is 16.9. The first kappa shape index (κ1) is 20.7. The van der Waals surface area contributed by atoms with Gasteiger partial charge in [0.05, 0.1) is 6.33 Å². The number of aromatic hydroxyl groups is 2. The van der Waals surface area contributed by atoms with Gasteiger partial charge >= 0.3 is 5.69 Å². The van der Waals surface area contributed by atoms with Crippen molar-refractivity contribution >= 4 is 11.2 Å². The molecule has 9 heteroatoms. The van der Waals surface area contributed by atoms with Crippen LogP contribution in [0.1, 0.15) is 25.3 Å². The largest absolute Gasteiger partial charge is 0.504 e. The van der Waals surface area contributed by atoms with Crippen molar-refractivity contribution in [3.05, 3.63) is 50.9 Å². The Morgan fingerprint density at radius 1 is 1.10 bits per heavy atom. The minimum atomic E-state index is -0.382. The third kappa shape index (κ3) is 4.34. The predicted octanol–water partition coefficient (Wildman–Crippen LogP) is 0.846. The highest BCUT2D eigenvalue weighted by Crippen LogP contribution is 2.25. The van der Waals surface area contributed by atoms with Crippen molar-refractivity contribution in [2.24, 2.45) is 14.1 Å². The number of benzene rings is 1. The molecule has 1 unspecified atom stereocenters. The second-order valence-electron chi connectivity index (χ2n) is 7.41. The van der Waals surface area contributed by atoms with Crippen molar-refractivity contribution in [2.45, 2.75) is 38.8 Å². The van der Waals surface area contributed by atoms with E-state index in [-0.39, 0.29) is 28.8 Å². The number of rotatable bonds is 8. The Hall–Kier alpha value is -3.07. The van der Waals surface area contributed by atoms with Gasteiger partial charge in [-0.3, -0.25) is 13.9 Å². The molecule has 0 aliphatic heterocycles. The average Bonchev–Trinajstić information content (AvgIpc) is 3.11. The molecule has 0 saturated heterocycles. The van der Waals surface area contributed by atoms with E-state index in [0.29, 0.717) is 17.7 Å². The lowest BCUT2D eigenvalue weighted by atomic mass is 10.1. The lowest BCUT2D eigenvalue weighted by molar-refractivity contribution is 0.402. The number of phenols is 2. The molecule has 2 aromatic heterocycles. The molecule has 0 aliphatic rings. The lowest BCUT2D eigenvalue weighted by Crippen LogP contribution is -2.37. The van der Waals surface area contributed by atoms with E-state index in [1.54, 1.807) is 30.1 Å². The Kier molecular flexibility index (Phi) is 6.07. The summed E-state index contributed by atoms with van der Waals surface area (Å²) < 4.78 is 4.29. The smallest absolute Gasteiger partial charge is 0.332 e. The van der Waals surface area contributed by atoms with Gasteiger partial charge in [-0.25, -0.2) is 9.78 Å². The van der Waals surface area contributed by atoms with Gasteiger partial charge in [0.15, 0.2) is 22.7 Å². The van der Waals surface area contributed by atoms with Crippen LogP contribution in [-0.4, -0.2) is 41.5 Å². The number of nitrogens with one attached hydrogen (secondary N) is 1. The Morgan fingerprint density at radius 3 is 2.59 bits per heavy atom. The Bertz CT molecular complexity index is 1130. The third-order valence-corrected chi connectivity index (χ3v) is 5.12. The van der Waals surface area contributed by atoms with Crippen molar-refractivity contribution < 1.29 is 10.2 Å². The van der Waals surface area contributed by atoms with Crippen LogP contribution in [0.25, 0.3) is 11.2 Å². The van der Waals surface area contributed by atoms with Crippen LogP contribution in [0.2, 0.25) is 0 Å². The molecule has 9 nitrogen and oxygen atoms in total. The topological polar surface area (TPSA) is 114 Å². The summed E-state index contributed by atoms with van der Waals surface area (Å²) in [4.78, 5) is 28.6. The van der Waals surface area contributed by atoms with Crippen LogP contribution in [-0.2, 0) is 27.1 Å². The summed E-state index contributed by atoms with van der Waals surface area (Å²) in [6.07, 6.45) is 4.12. The molecule has 0 aliphatic carbocycles. The van der Waals surface area contributed by atoms with Crippen molar-refractivity contribution in [1.29, 1.82) is 0 Å². The van der Waals surface area contributed by atoms with Gasteiger partial charge in [0.25, 0.3) is 5.56 Å². The normalized spacial score (nSPS) is 12.5. The van der Waals surface area contributed by atoms with Crippen molar-refractivity contribution in [2.75, 3.05) is 6.54 Å². The predicted molar refractivity (Wildman–Crippen MR) is 110 cm³/mol. The van der Waals surface area contributed by atoms with Gasteiger partial charge in [0.2, 0.25) is 0 Å². The molecule has 0 amide bonds. The van der Waals surface area contributed by atoms with Gasteiger partial charge in [-0.15, -0.1) is 0 Å². The highest BCUT2D eigenvalue weighted by atomic mass is 16.3. The molecule has 3 N–H and O–H groups in total. The number of aryl methyl sites for hydroxylation is 2. The monoisotopic (exact) mass is 401 g/mol. The standard InChI is InChI=1S/C20H27N5O4/c1-13(10-14-6-7-15(26)16(27)11-14)21-8-4-5-9-25-12-22-18-17(25)19(28)24(3)20(29)23(18)2/h6-7,11-13,21,26-27H,4-5,8-10H2,1-3H3. The number of unbranched alkanes of at least 4 members (excludes halogenated alkanes) is 1. The summed E-state index contributed by atoms with van der Waals surface area (Å²) in [5.74, 6) is -0.220. The first-order valence-corrected chi connectivity index (χ1v) is 9.64. The van der Waals surface area contributed by atoms with E-state index in [1.807, 2.05) is 0 Å². The number of fused-ring (bicyclic) bond motifs is 1. The van der Waals surface area contributed by atoms with E-state index in [0.717, 1.165) is 35.9 Å². The molecule has 0 bridgehead atoms. The van der Waals surface area contributed by atoms with E-state index in [1.165, 1.54) is 17.7 Å². The third-order valence-electron chi connectivity index (χ3n) is 5.12. The van der Waals surface area contributed by atoms with Crippen molar-refractivity contribution in [1.82, 2.24) is 24.0 Å². The quantitative estimate of drug-likeness (QED) is 0.381. The van der Waals surface area contributed by atoms with E-state index >= 15 is 0 Å². The van der Waals surface area contributed by atoms with Crippen LogP contribution in [0, 0.1) is 0 Å². The van der Waals surface area contributed by atoms with Gasteiger partial charge in [-0.2, -0.15) is 0 Å². The maximum absolute atomic E-state index is 12.4. The second kappa shape index (κ2) is 8.52. The average molecular weight is 401 g/mol. The fraction of sp³-hybridized carbons (Fsp3) is 0.450. The van der Waals surface area contributed by atoms with Gasteiger partial charge in [0, 0.05) is 26.7 Å². The first-order chi connectivity index (χ1) is 13.8. The maximum atomic E-state index is 12.4. The molecule has 29 heavy (non-hydrogen) atoms. The number of phenolic OH excluding ortho intramolecular Hbond substituents is 2. The zero-order valence-corrected chi connectivity index (χ0v) is 16.9. The van der Waals surface area contributed by atoms with Crippen LogP contribution in [0.15, 0.2) is 34.1 Å². The minimum absolute atomic E-state index is 0.106. The highest BCUT2D eigenvalue weighted by Gasteiger charge is 2.14. The maximum Gasteiger partial charge on any atom is 0.332 e. The fourth-order valence-electron chi connectivity index (χ4n) is 3.44. The number of imidazole rings is 1. The Balaban J connectivity index is 1.51. The summed E-state index contributed by atoms with van der Waals surface area (Å²) in [6.45, 7) is 3.53. The van der Waals surface area contributed by atoms with Crippen LogP contribution in [0.3, 0.4) is 0 Å². The van der Waals surface area contributed by atoms with Crippen LogP contribution in [0.5, 0.6) is 11.5 Å². The minimum Gasteiger partial charge on any atom is -0.504 e. The lowest BCUT2D eigenvalue weighted by Gasteiger charge is -2.14. The van der Waals surface area contributed by atoms with Crippen molar-refractivity contribution in [3.63, 3.8) is 0 Å². The molecule has 156 valence electrons. The number of hydrogen-bond donors (Lipinski definition) is 3. The van der Waals surface area contributed by atoms with E-state index in [4.69, 9.17) is 0 Å². The molecule has 3 rings (SSSR count). The highest BCUT2D eigenvalue weighted by molar-refractivity contribution is 5.69. The number of nitrogens with zero attached hydrogens (tertiary/aromatic N) is 4. The molecule has 3 aromatic rings. The summed E-state index contributed by atoms with van der Waals surface area (Å²) in [5.41, 5.74) is 1.09. The second-order valence-corrected chi connectivity index (χ2v) is 7.41. The van der Waals surface area contributed by atoms with Gasteiger partial charge in [0.1, 0.15) is 0 Å². The molecule has 2 heterocycles. The SMILES string of the molecule is CC(Cc1ccc(O)c(O)c1)NCCCCn1cnc2c1c(=O)n(C)c(=O)n2C. The molecule has 0 radical (unpaired) electrons. The molecular formula is C20H27N5O4. The summed E-state index contributed by atoms with van der Waals surface area (Å²) in [7, 11) is 3.08. The summed E-state index contributed by atoms with van der Waals surface area (Å²) in [5, 5.41) is 22.4.